The quantitative estimate of drug-likeness (QED) is 0.461. The number of nitrogens with one attached hydrogen (secondary N) is 1. The molecule has 0 spiro atoms. The fourth-order valence-electron chi connectivity index (χ4n) is 1.89. The van der Waals surface area contributed by atoms with Crippen molar-refractivity contribution in [2.24, 2.45) is 5.92 Å². The Morgan fingerprint density at radius 1 is 1.29 bits per heavy atom. The van der Waals surface area contributed by atoms with Gasteiger partial charge >= 0.3 is 0 Å². The summed E-state index contributed by atoms with van der Waals surface area (Å²) >= 11 is 0. The summed E-state index contributed by atoms with van der Waals surface area (Å²) in [5, 5.41) is 12.5. The molecule has 14 heavy (non-hydrogen) atoms. The number of hydrogen-bond acceptors (Lipinski definition) is 2. The van der Waals surface area contributed by atoms with Crippen molar-refractivity contribution in [3.05, 3.63) is 12.7 Å². The Hall–Kier alpha value is -0.340. The predicted octanol–water partition coefficient (Wildman–Crippen LogP) is 2.09. The van der Waals surface area contributed by atoms with Gasteiger partial charge < -0.3 is 10.4 Å². The Balaban J connectivity index is 1.74. The maximum absolute atomic E-state index is 9.08. The zero-order chi connectivity index (χ0) is 10.2. The molecule has 2 N–H and O–H groups in total. The minimum atomic E-state index is -0.00519. The van der Waals surface area contributed by atoms with E-state index in [2.05, 4.69) is 11.9 Å². The minimum absolute atomic E-state index is 0.00519. The SMILES string of the molecule is C=CCCCCCNCC1CC(O)C1. The van der Waals surface area contributed by atoms with Crippen molar-refractivity contribution in [3.8, 4) is 0 Å². The van der Waals surface area contributed by atoms with Crippen molar-refractivity contribution in [2.45, 2.75) is 44.6 Å². The van der Waals surface area contributed by atoms with Gasteiger partial charge in [0.1, 0.15) is 0 Å². The van der Waals surface area contributed by atoms with Crippen LogP contribution in [0.5, 0.6) is 0 Å². The molecule has 2 nitrogen and oxygen atoms in total. The molecule has 82 valence electrons. The molecule has 0 unspecified atom stereocenters. The first-order valence-corrected chi connectivity index (χ1v) is 5.82. The van der Waals surface area contributed by atoms with Gasteiger partial charge in [-0.1, -0.05) is 12.5 Å². The molecule has 0 aromatic rings. The molecule has 0 bridgehead atoms. The number of aliphatic hydroxyl groups is 1. The summed E-state index contributed by atoms with van der Waals surface area (Å²) in [5.41, 5.74) is 0. The summed E-state index contributed by atoms with van der Waals surface area (Å²) in [6.07, 6.45) is 8.97. The molecule has 1 fully saturated rings. The highest BCUT2D eigenvalue weighted by Crippen LogP contribution is 2.25. The Morgan fingerprint density at radius 3 is 2.71 bits per heavy atom. The molecule has 0 atom stereocenters. The van der Waals surface area contributed by atoms with E-state index in [1.54, 1.807) is 0 Å². The fourth-order valence-corrected chi connectivity index (χ4v) is 1.89. The van der Waals surface area contributed by atoms with Gasteiger partial charge in [-0.05, 0) is 51.1 Å². The molecule has 1 aliphatic rings. The van der Waals surface area contributed by atoms with Crippen LogP contribution in [0, 0.1) is 5.92 Å². The third kappa shape index (κ3) is 4.77. The molecule has 2 heteroatoms. The van der Waals surface area contributed by atoms with Gasteiger partial charge in [-0.2, -0.15) is 0 Å². The Labute approximate surface area is 87.4 Å². The standard InChI is InChI=1S/C12H23NO/c1-2-3-4-5-6-7-13-10-11-8-12(14)9-11/h2,11-14H,1,3-10H2. The van der Waals surface area contributed by atoms with Crippen LogP contribution in [-0.2, 0) is 0 Å². The third-order valence-corrected chi connectivity index (χ3v) is 2.91. The molecular formula is C12H23NO. The summed E-state index contributed by atoms with van der Waals surface area (Å²) in [6.45, 7) is 5.93. The lowest BCUT2D eigenvalue weighted by atomic mass is 9.82. The van der Waals surface area contributed by atoms with Gasteiger partial charge in [0.15, 0.2) is 0 Å². The summed E-state index contributed by atoms with van der Waals surface area (Å²) in [4.78, 5) is 0. The number of allylic oxidation sites excluding steroid dienone is 1. The van der Waals surface area contributed by atoms with Gasteiger partial charge in [-0.15, -0.1) is 6.58 Å². The number of hydrogen-bond donors (Lipinski definition) is 2. The highest BCUT2D eigenvalue weighted by molar-refractivity contribution is 4.79. The number of rotatable bonds is 8. The van der Waals surface area contributed by atoms with Crippen molar-refractivity contribution in [1.82, 2.24) is 5.32 Å². The van der Waals surface area contributed by atoms with E-state index in [0.29, 0.717) is 0 Å². The molecule has 0 radical (unpaired) electrons. The second kappa shape index (κ2) is 7.02. The maximum atomic E-state index is 9.08. The van der Waals surface area contributed by atoms with Gasteiger partial charge in [-0.25, -0.2) is 0 Å². The van der Waals surface area contributed by atoms with Crippen LogP contribution >= 0.6 is 0 Å². The van der Waals surface area contributed by atoms with Crippen molar-refractivity contribution in [3.63, 3.8) is 0 Å². The summed E-state index contributed by atoms with van der Waals surface area (Å²) < 4.78 is 0. The van der Waals surface area contributed by atoms with Crippen LogP contribution < -0.4 is 5.32 Å². The first kappa shape index (κ1) is 11.7. The normalized spacial score (nSPS) is 25.8. The van der Waals surface area contributed by atoms with Crippen LogP contribution in [0.1, 0.15) is 38.5 Å². The first-order valence-electron chi connectivity index (χ1n) is 5.82. The van der Waals surface area contributed by atoms with Crippen molar-refractivity contribution in [1.29, 1.82) is 0 Å². The summed E-state index contributed by atoms with van der Waals surface area (Å²) in [7, 11) is 0. The lowest BCUT2D eigenvalue weighted by Gasteiger charge is -2.31. The first-order chi connectivity index (χ1) is 6.83. The molecule has 1 saturated carbocycles. The lowest BCUT2D eigenvalue weighted by molar-refractivity contribution is 0.0431. The fraction of sp³-hybridized carbons (Fsp3) is 0.833. The zero-order valence-electron chi connectivity index (χ0n) is 9.04. The molecule has 0 aromatic heterocycles. The largest absolute Gasteiger partial charge is 0.393 e. The Bertz CT molecular complexity index is 152. The van der Waals surface area contributed by atoms with Crippen molar-refractivity contribution in [2.75, 3.05) is 13.1 Å². The van der Waals surface area contributed by atoms with Crippen molar-refractivity contribution >= 4 is 0 Å². The molecular weight excluding hydrogens is 174 g/mol. The highest BCUT2D eigenvalue weighted by Gasteiger charge is 2.26. The van der Waals surface area contributed by atoms with Crippen LogP contribution in [0.4, 0.5) is 0 Å². The van der Waals surface area contributed by atoms with E-state index in [1.807, 2.05) is 6.08 Å². The maximum Gasteiger partial charge on any atom is 0.0546 e. The summed E-state index contributed by atoms with van der Waals surface area (Å²) in [6, 6.07) is 0. The average Bonchev–Trinajstić information content (AvgIpc) is 2.13. The van der Waals surface area contributed by atoms with Crippen molar-refractivity contribution < 1.29 is 5.11 Å². The van der Waals surface area contributed by atoms with E-state index in [4.69, 9.17) is 5.11 Å². The average molecular weight is 197 g/mol. The van der Waals surface area contributed by atoms with Gasteiger partial charge in [0.25, 0.3) is 0 Å². The highest BCUT2D eigenvalue weighted by atomic mass is 16.3. The lowest BCUT2D eigenvalue weighted by Crippen LogP contribution is -2.36. The molecule has 0 amide bonds. The van der Waals surface area contributed by atoms with E-state index in [-0.39, 0.29) is 6.10 Å². The Morgan fingerprint density at radius 2 is 2.07 bits per heavy atom. The van der Waals surface area contributed by atoms with E-state index < -0.39 is 0 Å². The zero-order valence-corrected chi connectivity index (χ0v) is 9.04. The monoisotopic (exact) mass is 197 g/mol. The van der Waals surface area contributed by atoms with Crippen LogP contribution in [-0.4, -0.2) is 24.3 Å². The van der Waals surface area contributed by atoms with Gasteiger partial charge in [0, 0.05) is 0 Å². The van der Waals surface area contributed by atoms with Crippen LogP contribution in [0.25, 0.3) is 0 Å². The molecule has 1 rings (SSSR count). The van der Waals surface area contributed by atoms with Gasteiger partial charge in [0.2, 0.25) is 0 Å². The smallest absolute Gasteiger partial charge is 0.0546 e. The molecule has 1 aliphatic carbocycles. The predicted molar refractivity (Wildman–Crippen MR) is 60.3 cm³/mol. The van der Waals surface area contributed by atoms with Gasteiger partial charge in [-0.3, -0.25) is 0 Å². The van der Waals surface area contributed by atoms with E-state index >= 15 is 0 Å². The Kier molecular flexibility index (Phi) is 5.88. The number of unbranched alkanes of at least 4 members (excludes halogenated alkanes) is 3. The molecule has 0 saturated heterocycles. The van der Waals surface area contributed by atoms with Crippen LogP contribution in [0.3, 0.4) is 0 Å². The third-order valence-electron chi connectivity index (χ3n) is 2.91. The second-order valence-electron chi connectivity index (χ2n) is 4.33. The van der Waals surface area contributed by atoms with E-state index in [1.165, 1.54) is 19.3 Å². The molecule has 0 heterocycles. The van der Waals surface area contributed by atoms with Gasteiger partial charge in [0.05, 0.1) is 6.10 Å². The van der Waals surface area contributed by atoms with Crippen LogP contribution in [0.15, 0.2) is 12.7 Å². The minimum Gasteiger partial charge on any atom is -0.393 e. The summed E-state index contributed by atoms with van der Waals surface area (Å²) in [5.74, 6) is 0.734. The molecule has 0 aliphatic heterocycles. The van der Waals surface area contributed by atoms with E-state index in [9.17, 15) is 0 Å². The van der Waals surface area contributed by atoms with Crippen LogP contribution in [0.2, 0.25) is 0 Å². The van der Waals surface area contributed by atoms with E-state index in [0.717, 1.165) is 38.3 Å². The second-order valence-corrected chi connectivity index (χ2v) is 4.33. The number of aliphatic hydroxyl groups excluding tert-OH is 1. The topological polar surface area (TPSA) is 32.3 Å². The molecule has 0 aromatic carbocycles.